The Hall–Kier alpha value is -0.460. The zero-order valence-electron chi connectivity index (χ0n) is 7.98. The molecule has 1 nitrogen and oxygen atoms in total. The van der Waals surface area contributed by atoms with Crippen LogP contribution in [0.25, 0.3) is 0 Å². The van der Waals surface area contributed by atoms with E-state index < -0.39 is 0 Å². The van der Waals surface area contributed by atoms with Crippen LogP contribution in [0.4, 0.5) is 0 Å². The molecule has 11 heavy (non-hydrogen) atoms. The van der Waals surface area contributed by atoms with Crippen LogP contribution in [0.3, 0.4) is 0 Å². The third-order valence-electron chi connectivity index (χ3n) is 1.90. The highest BCUT2D eigenvalue weighted by Gasteiger charge is 1.99. The Labute approximate surface area is 70.1 Å². The fraction of sp³-hybridized carbons (Fsp3) is 0.800. The minimum atomic E-state index is 0.542. The van der Waals surface area contributed by atoms with Crippen LogP contribution < -0.4 is 0 Å². The third kappa shape index (κ3) is 4.88. The summed E-state index contributed by atoms with van der Waals surface area (Å²) in [5.74, 6) is 0.542. The van der Waals surface area contributed by atoms with Gasteiger partial charge in [-0.25, -0.2) is 0 Å². The Morgan fingerprint density at radius 2 is 1.73 bits per heavy atom. The van der Waals surface area contributed by atoms with Crippen molar-refractivity contribution in [2.45, 2.75) is 52.9 Å². The van der Waals surface area contributed by atoms with E-state index in [1.54, 1.807) is 6.92 Å². The van der Waals surface area contributed by atoms with Crippen molar-refractivity contribution in [3.8, 4) is 0 Å². The summed E-state index contributed by atoms with van der Waals surface area (Å²) in [5.41, 5.74) is 1.24. The molecule has 0 heterocycles. The molecule has 0 fully saturated rings. The Kier molecular flexibility index (Phi) is 6.00. The summed E-state index contributed by atoms with van der Waals surface area (Å²) in [6, 6.07) is 0. The van der Waals surface area contributed by atoms with E-state index >= 15 is 0 Å². The van der Waals surface area contributed by atoms with Gasteiger partial charge in [-0.05, 0) is 31.8 Å². The molecule has 0 aromatic heterocycles. The molecule has 0 radical (unpaired) electrons. The maximum absolute atomic E-state index is 9.25. The topological polar surface area (TPSA) is 20.2 Å². The molecule has 0 saturated heterocycles. The predicted molar refractivity (Wildman–Crippen MR) is 49.8 cm³/mol. The maximum Gasteiger partial charge on any atom is 0.0883 e. The van der Waals surface area contributed by atoms with Crippen molar-refractivity contribution in [2.24, 2.45) is 0 Å². The van der Waals surface area contributed by atoms with Crippen molar-refractivity contribution >= 4 is 0 Å². The zero-order valence-corrected chi connectivity index (χ0v) is 7.98. The fourth-order valence-corrected chi connectivity index (χ4v) is 1.18. The summed E-state index contributed by atoms with van der Waals surface area (Å²) in [4.78, 5) is 0. The average Bonchev–Trinajstić information content (AvgIpc) is 1.97. The van der Waals surface area contributed by atoms with Gasteiger partial charge in [0.25, 0.3) is 0 Å². The van der Waals surface area contributed by atoms with Gasteiger partial charge in [0.05, 0.1) is 5.76 Å². The maximum atomic E-state index is 9.25. The van der Waals surface area contributed by atoms with Crippen molar-refractivity contribution in [1.82, 2.24) is 0 Å². The first kappa shape index (κ1) is 10.5. The first-order chi connectivity index (χ1) is 5.22. The molecule has 0 aromatic carbocycles. The smallest absolute Gasteiger partial charge is 0.0883 e. The van der Waals surface area contributed by atoms with Crippen molar-refractivity contribution in [2.75, 3.05) is 0 Å². The molecule has 0 saturated carbocycles. The lowest BCUT2D eigenvalue weighted by Crippen LogP contribution is -1.88. The molecule has 0 atom stereocenters. The molecule has 0 aliphatic rings. The second-order valence-corrected chi connectivity index (χ2v) is 3.04. The SMILES string of the molecule is CCCC/C(CCC)=C(/C)O. The lowest BCUT2D eigenvalue weighted by molar-refractivity contribution is 0.399. The van der Waals surface area contributed by atoms with E-state index in [2.05, 4.69) is 13.8 Å². The van der Waals surface area contributed by atoms with Crippen LogP contribution in [0.2, 0.25) is 0 Å². The van der Waals surface area contributed by atoms with Gasteiger partial charge in [0.1, 0.15) is 0 Å². The van der Waals surface area contributed by atoms with Gasteiger partial charge in [0.15, 0.2) is 0 Å². The van der Waals surface area contributed by atoms with Crippen LogP contribution in [-0.4, -0.2) is 5.11 Å². The largest absolute Gasteiger partial charge is 0.513 e. The molecule has 66 valence electrons. The average molecular weight is 156 g/mol. The normalized spacial score (nSPS) is 13.0. The lowest BCUT2D eigenvalue weighted by atomic mass is 10.0. The van der Waals surface area contributed by atoms with Gasteiger partial charge in [-0.2, -0.15) is 0 Å². The standard InChI is InChI=1S/C10H20O/c1-4-6-8-10(7-5-2)9(3)11/h11H,4-8H2,1-3H3/b10-9-. The number of rotatable bonds is 5. The molecule has 0 bridgehead atoms. The summed E-state index contributed by atoms with van der Waals surface area (Å²) in [5, 5.41) is 9.25. The first-order valence-corrected chi connectivity index (χ1v) is 4.59. The molecule has 0 aromatic rings. The van der Waals surface area contributed by atoms with Gasteiger partial charge in [-0.15, -0.1) is 0 Å². The number of unbranched alkanes of at least 4 members (excludes halogenated alkanes) is 1. The number of aliphatic hydroxyl groups excluding tert-OH is 1. The molecule has 0 spiro atoms. The number of hydrogen-bond acceptors (Lipinski definition) is 1. The van der Waals surface area contributed by atoms with Gasteiger partial charge in [-0.1, -0.05) is 26.7 Å². The Morgan fingerprint density at radius 3 is 2.09 bits per heavy atom. The van der Waals surface area contributed by atoms with Crippen LogP contribution >= 0.6 is 0 Å². The molecule has 1 heteroatoms. The van der Waals surface area contributed by atoms with Gasteiger partial charge in [0.2, 0.25) is 0 Å². The summed E-state index contributed by atoms with van der Waals surface area (Å²) < 4.78 is 0. The van der Waals surface area contributed by atoms with Crippen molar-refractivity contribution in [3.63, 3.8) is 0 Å². The fourth-order valence-electron chi connectivity index (χ4n) is 1.18. The quantitative estimate of drug-likeness (QED) is 0.600. The number of allylic oxidation sites excluding steroid dienone is 2. The lowest BCUT2D eigenvalue weighted by Gasteiger charge is -2.05. The van der Waals surface area contributed by atoms with Crippen LogP contribution in [-0.2, 0) is 0 Å². The summed E-state index contributed by atoms with van der Waals surface area (Å²) in [7, 11) is 0. The summed E-state index contributed by atoms with van der Waals surface area (Å²) in [6.45, 7) is 6.12. The van der Waals surface area contributed by atoms with Crippen LogP contribution in [0, 0.1) is 0 Å². The van der Waals surface area contributed by atoms with Crippen LogP contribution in [0.1, 0.15) is 52.9 Å². The monoisotopic (exact) mass is 156 g/mol. The van der Waals surface area contributed by atoms with Gasteiger partial charge < -0.3 is 5.11 Å². The van der Waals surface area contributed by atoms with E-state index in [-0.39, 0.29) is 0 Å². The first-order valence-electron chi connectivity index (χ1n) is 4.59. The van der Waals surface area contributed by atoms with Crippen LogP contribution in [0.5, 0.6) is 0 Å². The molecule has 0 rings (SSSR count). The van der Waals surface area contributed by atoms with Gasteiger partial charge in [0, 0.05) is 0 Å². The zero-order chi connectivity index (χ0) is 8.69. The second kappa shape index (κ2) is 6.26. The van der Waals surface area contributed by atoms with Crippen LogP contribution in [0.15, 0.2) is 11.3 Å². The predicted octanol–water partition coefficient (Wildman–Crippen LogP) is 3.81. The molecule has 0 amide bonds. The van der Waals surface area contributed by atoms with E-state index in [1.165, 1.54) is 18.4 Å². The molecular weight excluding hydrogens is 136 g/mol. The van der Waals surface area contributed by atoms with Crippen molar-refractivity contribution in [1.29, 1.82) is 0 Å². The summed E-state index contributed by atoms with van der Waals surface area (Å²) >= 11 is 0. The third-order valence-corrected chi connectivity index (χ3v) is 1.90. The highest BCUT2D eigenvalue weighted by Crippen LogP contribution is 2.16. The van der Waals surface area contributed by atoms with E-state index in [4.69, 9.17) is 0 Å². The van der Waals surface area contributed by atoms with E-state index in [1.807, 2.05) is 0 Å². The highest BCUT2D eigenvalue weighted by molar-refractivity contribution is 5.04. The Balaban J connectivity index is 3.81. The molecular formula is C10H20O. The second-order valence-electron chi connectivity index (χ2n) is 3.04. The Bertz CT molecular complexity index is 121. The molecule has 1 N–H and O–H groups in total. The number of hydrogen-bond donors (Lipinski definition) is 1. The van der Waals surface area contributed by atoms with Gasteiger partial charge >= 0.3 is 0 Å². The van der Waals surface area contributed by atoms with Gasteiger partial charge in [-0.3, -0.25) is 0 Å². The molecule has 0 unspecified atom stereocenters. The van der Waals surface area contributed by atoms with Crippen molar-refractivity contribution < 1.29 is 5.11 Å². The Morgan fingerprint density at radius 1 is 1.09 bits per heavy atom. The van der Waals surface area contributed by atoms with E-state index in [0.29, 0.717) is 5.76 Å². The minimum Gasteiger partial charge on any atom is -0.513 e. The number of aliphatic hydroxyl groups is 1. The minimum absolute atomic E-state index is 0.542. The molecule has 0 aliphatic heterocycles. The highest BCUT2D eigenvalue weighted by atomic mass is 16.3. The van der Waals surface area contributed by atoms with E-state index in [0.717, 1.165) is 19.3 Å². The summed E-state index contributed by atoms with van der Waals surface area (Å²) in [6.07, 6.45) is 5.68. The van der Waals surface area contributed by atoms with E-state index in [9.17, 15) is 5.11 Å². The van der Waals surface area contributed by atoms with Crippen molar-refractivity contribution in [3.05, 3.63) is 11.3 Å². The molecule has 0 aliphatic carbocycles.